The van der Waals surface area contributed by atoms with E-state index < -0.39 is 0 Å². The van der Waals surface area contributed by atoms with Crippen LogP contribution in [0.5, 0.6) is 0 Å². The maximum atomic E-state index is 5.46. The molecule has 54 valence electrons. The largest absolute Gasteiger partial charge is 0.382 e. The summed E-state index contributed by atoms with van der Waals surface area (Å²) in [5, 5.41) is 8.51. The Labute approximate surface area is 64.0 Å². The standard InChI is InChI=1S/C6H9N3S/c1-4-3-5(10-2)8-9-6(4)7/h3H,1-2H3,(H2,7,9). The molecule has 0 aliphatic heterocycles. The van der Waals surface area contributed by atoms with Crippen molar-refractivity contribution >= 4 is 17.6 Å². The van der Waals surface area contributed by atoms with Crippen molar-refractivity contribution in [1.29, 1.82) is 0 Å². The van der Waals surface area contributed by atoms with Crippen LogP contribution in [0.1, 0.15) is 5.56 Å². The number of rotatable bonds is 1. The topological polar surface area (TPSA) is 51.8 Å². The lowest BCUT2D eigenvalue weighted by molar-refractivity contribution is 0.928. The van der Waals surface area contributed by atoms with Crippen LogP contribution in [0.2, 0.25) is 0 Å². The molecule has 0 aliphatic carbocycles. The van der Waals surface area contributed by atoms with E-state index in [1.807, 2.05) is 19.2 Å². The van der Waals surface area contributed by atoms with Gasteiger partial charge in [-0.2, -0.15) is 0 Å². The van der Waals surface area contributed by atoms with Gasteiger partial charge in [0.15, 0.2) is 0 Å². The van der Waals surface area contributed by atoms with Crippen LogP contribution in [-0.4, -0.2) is 16.5 Å². The van der Waals surface area contributed by atoms with Crippen LogP contribution in [0.4, 0.5) is 5.82 Å². The van der Waals surface area contributed by atoms with Crippen molar-refractivity contribution in [1.82, 2.24) is 10.2 Å². The first-order chi connectivity index (χ1) is 4.74. The van der Waals surface area contributed by atoms with Crippen LogP contribution in [0.3, 0.4) is 0 Å². The third kappa shape index (κ3) is 1.39. The summed E-state index contributed by atoms with van der Waals surface area (Å²) in [7, 11) is 0. The van der Waals surface area contributed by atoms with E-state index in [0.29, 0.717) is 5.82 Å². The Bertz CT molecular complexity index is 236. The van der Waals surface area contributed by atoms with E-state index >= 15 is 0 Å². The Morgan fingerprint density at radius 3 is 2.70 bits per heavy atom. The minimum Gasteiger partial charge on any atom is -0.382 e. The smallest absolute Gasteiger partial charge is 0.149 e. The van der Waals surface area contributed by atoms with Crippen molar-refractivity contribution in [2.45, 2.75) is 11.9 Å². The number of aromatic nitrogens is 2. The average Bonchev–Trinajstić information content (AvgIpc) is 1.95. The van der Waals surface area contributed by atoms with E-state index in [0.717, 1.165) is 10.6 Å². The fraction of sp³-hybridized carbons (Fsp3) is 0.333. The molecule has 1 heterocycles. The summed E-state index contributed by atoms with van der Waals surface area (Å²) in [5.74, 6) is 0.512. The second-order valence-electron chi connectivity index (χ2n) is 1.95. The number of nitrogens with zero attached hydrogens (tertiary/aromatic N) is 2. The zero-order valence-electron chi connectivity index (χ0n) is 5.96. The second-order valence-corrected chi connectivity index (χ2v) is 2.78. The molecule has 0 saturated heterocycles. The van der Waals surface area contributed by atoms with Crippen molar-refractivity contribution in [3.05, 3.63) is 11.6 Å². The van der Waals surface area contributed by atoms with Gasteiger partial charge in [0.05, 0.1) is 0 Å². The first kappa shape index (κ1) is 7.34. The van der Waals surface area contributed by atoms with Crippen molar-refractivity contribution in [2.24, 2.45) is 0 Å². The minimum atomic E-state index is 0.512. The van der Waals surface area contributed by atoms with Crippen molar-refractivity contribution in [2.75, 3.05) is 12.0 Å². The zero-order valence-corrected chi connectivity index (χ0v) is 6.77. The number of nitrogens with two attached hydrogens (primary N) is 1. The molecule has 0 aliphatic rings. The molecule has 1 aromatic rings. The van der Waals surface area contributed by atoms with E-state index in [-0.39, 0.29) is 0 Å². The SMILES string of the molecule is CSc1cc(C)c(N)nn1. The van der Waals surface area contributed by atoms with Crippen LogP contribution in [-0.2, 0) is 0 Å². The monoisotopic (exact) mass is 155 g/mol. The average molecular weight is 155 g/mol. The fourth-order valence-electron chi connectivity index (χ4n) is 0.570. The maximum absolute atomic E-state index is 5.46. The summed E-state index contributed by atoms with van der Waals surface area (Å²) in [6.07, 6.45) is 1.96. The van der Waals surface area contributed by atoms with E-state index in [9.17, 15) is 0 Å². The molecule has 0 amide bonds. The van der Waals surface area contributed by atoms with Gasteiger partial charge in [0.25, 0.3) is 0 Å². The van der Waals surface area contributed by atoms with Crippen LogP contribution in [0.25, 0.3) is 0 Å². The summed E-state index contributed by atoms with van der Waals surface area (Å²) < 4.78 is 0. The lowest BCUT2D eigenvalue weighted by Gasteiger charge is -1.97. The maximum Gasteiger partial charge on any atom is 0.149 e. The fourth-order valence-corrected chi connectivity index (χ4v) is 0.987. The highest BCUT2D eigenvalue weighted by molar-refractivity contribution is 7.98. The van der Waals surface area contributed by atoms with Crippen molar-refractivity contribution in [3.63, 3.8) is 0 Å². The molecule has 0 aromatic carbocycles. The number of hydrogen-bond acceptors (Lipinski definition) is 4. The quantitative estimate of drug-likeness (QED) is 0.617. The van der Waals surface area contributed by atoms with Gasteiger partial charge in [-0.25, -0.2) is 0 Å². The number of hydrogen-bond donors (Lipinski definition) is 1. The van der Waals surface area contributed by atoms with Crippen molar-refractivity contribution in [3.8, 4) is 0 Å². The first-order valence-corrected chi connectivity index (χ1v) is 4.10. The van der Waals surface area contributed by atoms with Crippen LogP contribution >= 0.6 is 11.8 Å². The van der Waals surface area contributed by atoms with Crippen LogP contribution < -0.4 is 5.73 Å². The lowest BCUT2D eigenvalue weighted by Crippen LogP contribution is -1.96. The van der Waals surface area contributed by atoms with Gasteiger partial charge in [0.2, 0.25) is 0 Å². The molecule has 0 radical (unpaired) electrons. The van der Waals surface area contributed by atoms with E-state index in [1.54, 1.807) is 11.8 Å². The van der Waals surface area contributed by atoms with Gasteiger partial charge >= 0.3 is 0 Å². The van der Waals surface area contributed by atoms with E-state index in [2.05, 4.69) is 10.2 Å². The molecule has 4 heteroatoms. The summed E-state index contributed by atoms with van der Waals surface area (Å²) >= 11 is 1.56. The predicted octanol–water partition coefficient (Wildman–Crippen LogP) is 1.09. The minimum absolute atomic E-state index is 0.512. The van der Waals surface area contributed by atoms with Crippen molar-refractivity contribution < 1.29 is 0 Å². The molecule has 1 aromatic heterocycles. The molecule has 0 spiro atoms. The Morgan fingerprint density at radius 2 is 2.20 bits per heavy atom. The molecule has 0 unspecified atom stereocenters. The molecule has 10 heavy (non-hydrogen) atoms. The Morgan fingerprint density at radius 1 is 1.50 bits per heavy atom. The molecule has 0 atom stereocenters. The molecular weight excluding hydrogens is 146 g/mol. The molecular formula is C6H9N3S. The van der Waals surface area contributed by atoms with Gasteiger partial charge in [-0.05, 0) is 24.8 Å². The second kappa shape index (κ2) is 2.88. The molecule has 2 N–H and O–H groups in total. The number of nitrogen functional groups attached to an aromatic ring is 1. The van der Waals surface area contributed by atoms with Gasteiger partial charge < -0.3 is 5.73 Å². The molecule has 0 saturated carbocycles. The highest BCUT2D eigenvalue weighted by Gasteiger charge is 1.96. The Balaban J connectivity index is 3.04. The Hall–Kier alpha value is -0.770. The third-order valence-electron chi connectivity index (χ3n) is 1.21. The normalized spacial score (nSPS) is 9.80. The molecule has 0 fully saturated rings. The number of anilines is 1. The highest BCUT2D eigenvalue weighted by Crippen LogP contribution is 2.13. The zero-order chi connectivity index (χ0) is 7.56. The van der Waals surface area contributed by atoms with Gasteiger partial charge in [-0.15, -0.1) is 22.0 Å². The summed E-state index contributed by atoms with van der Waals surface area (Å²) in [4.78, 5) is 0. The number of aryl methyl sites for hydroxylation is 1. The van der Waals surface area contributed by atoms with Gasteiger partial charge in [-0.3, -0.25) is 0 Å². The summed E-state index contributed by atoms with van der Waals surface area (Å²) in [6, 6.07) is 1.92. The highest BCUT2D eigenvalue weighted by atomic mass is 32.2. The van der Waals surface area contributed by atoms with E-state index in [4.69, 9.17) is 5.73 Å². The van der Waals surface area contributed by atoms with Gasteiger partial charge in [0.1, 0.15) is 10.8 Å². The molecule has 1 rings (SSSR count). The molecule has 3 nitrogen and oxygen atoms in total. The predicted molar refractivity (Wildman–Crippen MR) is 43.0 cm³/mol. The summed E-state index contributed by atoms with van der Waals surface area (Å²) in [6.45, 7) is 1.92. The van der Waals surface area contributed by atoms with Gasteiger partial charge in [0, 0.05) is 0 Å². The lowest BCUT2D eigenvalue weighted by atomic mass is 10.3. The summed E-state index contributed by atoms with van der Waals surface area (Å²) in [5.41, 5.74) is 6.45. The Kier molecular flexibility index (Phi) is 2.11. The van der Waals surface area contributed by atoms with E-state index in [1.165, 1.54) is 0 Å². The number of thioether (sulfide) groups is 1. The molecule has 0 bridgehead atoms. The van der Waals surface area contributed by atoms with Crippen LogP contribution in [0, 0.1) is 6.92 Å². The van der Waals surface area contributed by atoms with Crippen LogP contribution in [0.15, 0.2) is 11.1 Å². The van der Waals surface area contributed by atoms with Gasteiger partial charge in [-0.1, -0.05) is 0 Å². The first-order valence-electron chi connectivity index (χ1n) is 2.88. The third-order valence-corrected chi connectivity index (χ3v) is 1.83.